The summed E-state index contributed by atoms with van der Waals surface area (Å²) in [7, 11) is 1.37. The summed E-state index contributed by atoms with van der Waals surface area (Å²) in [6.07, 6.45) is 6.33. The summed E-state index contributed by atoms with van der Waals surface area (Å²) < 4.78 is 16.3. The van der Waals surface area contributed by atoms with Gasteiger partial charge in [0, 0.05) is 5.92 Å². The van der Waals surface area contributed by atoms with Gasteiger partial charge in [-0.1, -0.05) is 18.2 Å². The lowest BCUT2D eigenvalue weighted by Crippen LogP contribution is -2.33. The molecule has 1 aliphatic rings. The summed E-state index contributed by atoms with van der Waals surface area (Å²) >= 11 is 0. The van der Waals surface area contributed by atoms with Crippen LogP contribution in [0.3, 0.4) is 0 Å². The van der Waals surface area contributed by atoms with Gasteiger partial charge >= 0.3 is 5.97 Å². The first-order valence-electron chi connectivity index (χ1n) is 8.06. The Hall–Kier alpha value is -1.46. The zero-order chi connectivity index (χ0) is 17.2. The first-order chi connectivity index (χ1) is 11.0. The summed E-state index contributed by atoms with van der Waals surface area (Å²) in [6, 6.07) is 0. The van der Waals surface area contributed by atoms with Gasteiger partial charge in [0.05, 0.1) is 31.8 Å². The van der Waals surface area contributed by atoms with Crippen LogP contribution >= 0.6 is 0 Å². The number of aldehydes is 1. The number of carbonyl (C=O) groups excluding carboxylic acids is 2. The van der Waals surface area contributed by atoms with Gasteiger partial charge in [-0.15, -0.1) is 6.58 Å². The van der Waals surface area contributed by atoms with E-state index in [-0.39, 0.29) is 30.7 Å². The monoisotopic (exact) mass is 324 g/mol. The predicted octanol–water partition coefficient (Wildman–Crippen LogP) is 2.70. The molecule has 0 heterocycles. The number of methoxy groups -OCH3 is 1. The molecular weight excluding hydrogens is 296 g/mol. The first kappa shape index (κ1) is 19.6. The Balaban J connectivity index is 2.55. The summed E-state index contributed by atoms with van der Waals surface area (Å²) in [5.74, 6) is -0.929. The van der Waals surface area contributed by atoms with Crippen molar-refractivity contribution in [3.8, 4) is 0 Å². The second-order valence-electron chi connectivity index (χ2n) is 5.99. The molecule has 23 heavy (non-hydrogen) atoms. The summed E-state index contributed by atoms with van der Waals surface area (Å²) in [5.41, 5.74) is 0.737. The highest BCUT2D eigenvalue weighted by Gasteiger charge is 2.30. The zero-order valence-electron chi connectivity index (χ0n) is 14.2. The van der Waals surface area contributed by atoms with Crippen LogP contribution in [0, 0.1) is 11.8 Å². The Morgan fingerprint density at radius 2 is 1.96 bits per heavy atom. The molecule has 0 aromatic heterocycles. The van der Waals surface area contributed by atoms with Crippen LogP contribution in [0.25, 0.3) is 0 Å². The van der Waals surface area contributed by atoms with E-state index in [0.29, 0.717) is 6.61 Å². The van der Waals surface area contributed by atoms with Crippen LogP contribution in [-0.4, -0.2) is 44.8 Å². The zero-order valence-corrected chi connectivity index (χ0v) is 14.2. The molecule has 5 heteroatoms. The fraction of sp³-hybridized carbons (Fsp3) is 0.667. The number of rotatable bonds is 10. The van der Waals surface area contributed by atoms with Gasteiger partial charge < -0.3 is 19.0 Å². The van der Waals surface area contributed by atoms with Crippen molar-refractivity contribution >= 4 is 12.3 Å². The molecule has 1 rings (SSSR count). The van der Waals surface area contributed by atoms with E-state index < -0.39 is 5.92 Å². The van der Waals surface area contributed by atoms with Crippen molar-refractivity contribution in [2.75, 3.05) is 20.3 Å². The van der Waals surface area contributed by atoms with E-state index in [1.54, 1.807) is 6.08 Å². The second kappa shape index (κ2) is 10.3. The lowest BCUT2D eigenvalue weighted by atomic mass is 9.87. The first-order valence-corrected chi connectivity index (χ1v) is 8.06. The van der Waals surface area contributed by atoms with Gasteiger partial charge in [-0.2, -0.15) is 0 Å². The molecule has 0 aromatic carbocycles. The molecule has 5 nitrogen and oxygen atoms in total. The lowest BCUT2D eigenvalue weighted by Gasteiger charge is -2.31. The van der Waals surface area contributed by atoms with E-state index in [0.717, 1.165) is 37.5 Å². The van der Waals surface area contributed by atoms with E-state index >= 15 is 0 Å². The van der Waals surface area contributed by atoms with Gasteiger partial charge in [-0.05, 0) is 32.6 Å². The normalized spacial score (nSPS) is 23.6. The molecule has 4 atom stereocenters. The quantitative estimate of drug-likeness (QED) is 0.351. The van der Waals surface area contributed by atoms with Gasteiger partial charge in [0.15, 0.2) is 0 Å². The molecule has 0 N–H and O–H groups in total. The number of carbonyl (C=O) groups is 2. The maximum Gasteiger partial charge on any atom is 0.313 e. The standard InChI is InChI=1S/C18H28O5/c1-5-14(17(13(2)3)18(20)21-4)12-23-16-8-6-7-15(11-16)22-10-9-19/h5,9,14-17H,1-2,6-8,10-12H2,3-4H3. The molecule has 0 bridgehead atoms. The van der Waals surface area contributed by atoms with Crippen molar-refractivity contribution in [1.82, 2.24) is 0 Å². The lowest BCUT2D eigenvalue weighted by molar-refractivity contribution is -0.146. The predicted molar refractivity (Wildman–Crippen MR) is 88.0 cm³/mol. The topological polar surface area (TPSA) is 61.8 Å². The summed E-state index contributed by atoms with van der Waals surface area (Å²) in [6.45, 7) is 10.0. The molecule has 0 spiro atoms. The van der Waals surface area contributed by atoms with E-state index in [9.17, 15) is 9.59 Å². The molecule has 0 aliphatic heterocycles. The smallest absolute Gasteiger partial charge is 0.313 e. The minimum Gasteiger partial charge on any atom is -0.469 e. The molecule has 0 radical (unpaired) electrons. The van der Waals surface area contributed by atoms with E-state index in [1.165, 1.54) is 7.11 Å². The van der Waals surface area contributed by atoms with Crippen LogP contribution in [-0.2, 0) is 23.8 Å². The third kappa shape index (κ3) is 6.28. The average Bonchev–Trinajstić information content (AvgIpc) is 2.56. The van der Waals surface area contributed by atoms with Crippen LogP contribution < -0.4 is 0 Å². The van der Waals surface area contributed by atoms with Crippen molar-refractivity contribution < 1.29 is 23.8 Å². The maximum atomic E-state index is 11.9. The number of hydrogen-bond acceptors (Lipinski definition) is 5. The fourth-order valence-electron chi connectivity index (χ4n) is 3.00. The van der Waals surface area contributed by atoms with E-state index in [4.69, 9.17) is 14.2 Å². The highest BCUT2D eigenvalue weighted by atomic mass is 16.5. The Bertz CT molecular complexity index is 418. The second-order valence-corrected chi connectivity index (χ2v) is 5.99. The summed E-state index contributed by atoms with van der Waals surface area (Å²) in [4.78, 5) is 22.3. The minimum atomic E-state index is -0.441. The molecule has 1 fully saturated rings. The third-order valence-corrected chi connectivity index (χ3v) is 4.22. The Labute approximate surface area is 138 Å². The van der Waals surface area contributed by atoms with Crippen molar-refractivity contribution in [3.05, 3.63) is 24.8 Å². The Morgan fingerprint density at radius 1 is 1.30 bits per heavy atom. The SMILES string of the molecule is C=CC(COC1CCCC(OCC=O)C1)C(C(=C)C)C(=O)OC. The maximum absolute atomic E-state index is 11.9. The van der Waals surface area contributed by atoms with Crippen molar-refractivity contribution in [2.45, 2.75) is 44.8 Å². The Kier molecular flexibility index (Phi) is 8.81. The fourth-order valence-corrected chi connectivity index (χ4v) is 3.00. The molecule has 1 saturated carbocycles. The van der Waals surface area contributed by atoms with Gasteiger partial charge in [-0.3, -0.25) is 4.79 Å². The number of hydrogen-bond donors (Lipinski definition) is 0. The highest BCUT2D eigenvalue weighted by molar-refractivity contribution is 5.76. The van der Waals surface area contributed by atoms with Gasteiger partial charge in [0.25, 0.3) is 0 Å². The van der Waals surface area contributed by atoms with Crippen LogP contribution in [0.5, 0.6) is 0 Å². The molecule has 1 aliphatic carbocycles. The highest BCUT2D eigenvalue weighted by Crippen LogP contribution is 2.27. The van der Waals surface area contributed by atoms with Crippen LogP contribution in [0.2, 0.25) is 0 Å². The summed E-state index contributed by atoms with van der Waals surface area (Å²) in [5, 5.41) is 0. The van der Waals surface area contributed by atoms with Gasteiger partial charge in [0.1, 0.15) is 12.9 Å². The van der Waals surface area contributed by atoms with E-state index in [1.807, 2.05) is 6.92 Å². The van der Waals surface area contributed by atoms with Crippen LogP contribution in [0.15, 0.2) is 24.8 Å². The van der Waals surface area contributed by atoms with Crippen molar-refractivity contribution in [3.63, 3.8) is 0 Å². The van der Waals surface area contributed by atoms with E-state index in [2.05, 4.69) is 13.2 Å². The molecular formula is C18H28O5. The Morgan fingerprint density at radius 3 is 2.48 bits per heavy atom. The van der Waals surface area contributed by atoms with Crippen molar-refractivity contribution in [2.24, 2.45) is 11.8 Å². The van der Waals surface area contributed by atoms with Crippen LogP contribution in [0.1, 0.15) is 32.6 Å². The van der Waals surface area contributed by atoms with Crippen LogP contribution in [0.4, 0.5) is 0 Å². The minimum absolute atomic E-state index is 0.0682. The van der Waals surface area contributed by atoms with Gasteiger partial charge in [0.2, 0.25) is 0 Å². The molecule has 0 amide bonds. The third-order valence-electron chi connectivity index (χ3n) is 4.22. The van der Waals surface area contributed by atoms with Gasteiger partial charge in [-0.25, -0.2) is 0 Å². The number of ether oxygens (including phenoxy) is 3. The van der Waals surface area contributed by atoms with Crippen molar-refractivity contribution in [1.29, 1.82) is 0 Å². The molecule has 130 valence electrons. The molecule has 4 unspecified atom stereocenters. The molecule has 0 saturated heterocycles. The largest absolute Gasteiger partial charge is 0.469 e. The number of esters is 1. The molecule has 0 aromatic rings. The average molecular weight is 324 g/mol.